The van der Waals surface area contributed by atoms with Gasteiger partial charge in [0.05, 0.1) is 18.3 Å². The number of nitrogens with one attached hydrogen (secondary N) is 1. The Hall–Kier alpha value is -1.60. The molecule has 0 radical (unpaired) electrons. The highest BCUT2D eigenvalue weighted by molar-refractivity contribution is 7.90. The van der Waals surface area contributed by atoms with E-state index in [1.54, 1.807) is 31.4 Å². The average molecular weight is 310 g/mol. The van der Waals surface area contributed by atoms with E-state index in [9.17, 15) is 13.2 Å². The molecule has 1 amide bonds. The standard InChI is InChI=1S/C14H18N2O4S/c1-20-12-4-2-11(3-5-12)15-14(17)10-8-16(9-10)21(18,19)13-6-7-13/h2-5,10,13H,6-9H2,1H3,(H,15,17). The minimum absolute atomic E-state index is 0.137. The largest absolute Gasteiger partial charge is 0.497 e. The molecule has 1 aromatic rings. The summed E-state index contributed by atoms with van der Waals surface area (Å²) in [6, 6.07) is 7.04. The highest BCUT2D eigenvalue weighted by atomic mass is 32.2. The quantitative estimate of drug-likeness (QED) is 0.882. The molecule has 1 aliphatic carbocycles. The van der Waals surface area contributed by atoms with Crippen LogP contribution in [-0.2, 0) is 14.8 Å². The van der Waals surface area contributed by atoms with Crippen molar-refractivity contribution in [3.05, 3.63) is 24.3 Å². The molecular formula is C14H18N2O4S. The summed E-state index contributed by atoms with van der Waals surface area (Å²) in [6.07, 6.45) is 1.50. The van der Waals surface area contributed by atoms with Gasteiger partial charge in [-0.15, -0.1) is 0 Å². The molecule has 7 heteroatoms. The van der Waals surface area contributed by atoms with Crippen LogP contribution in [0.4, 0.5) is 5.69 Å². The van der Waals surface area contributed by atoms with Crippen molar-refractivity contribution < 1.29 is 17.9 Å². The molecule has 3 rings (SSSR count). The smallest absolute Gasteiger partial charge is 0.230 e. The molecule has 114 valence electrons. The van der Waals surface area contributed by atoms with Crippen molar-refractivity contribution in [3.8, 4) is 5.75 Å². The average Bonchev–Trinajstić information content (AvgIpc) is 3.22. The van der Waals surface area contributed by atoms with Gasteiger partial charge in [-0.3, -0.25) is 4.79 Å². The Kier molecular flexibility index (Phi) is 3.62. The highest BCUT2D eigenvalue weighted by Gasteiger charge is 2.46. The van der Waals surface area contributed by atoms with Gasteiger partial charge in [-0.25, -0.2) is 8.42 Å². The summed E-state index contributed by atoms with van der Waals surface area (Å²) < 4.78 is 30.4. The lowest BCUT2D eigenvalue weighted by atomic mass is 10.0. The number of hydrogen-bond acceptors (Lipinski definition) is 4. The second kappa shape index (κ2) is 5.31. The third-order valence-corrected chi connectivity index (χ3v) is 6.21. The van der Waals surface area contributed by atoms with Crippen LogP contribution in [-0.4, -0.2) is 44.1 Å². The fourth-order valence-corrected chi connectivity index (χ4v) is 4.24. The maximum atomic E-state index is 12.0. The number of amides is 1. The summed E-state index contributed by atoms with van der Waals surface area (Å²) in [5.74, 6) is 0.321. The normalized spacial score (nSPS) is 19.9. The van der Waals surface area contributed by atoms with Crippen molar-refractivity contribution in [2.75, 3.05) is 25.5 Å². The van der Waals surface area contributed by atoms with E-state index in [1.807, 2.05) is 0 Å². The number of sulfonamides is 1. The summed E-state index contributed by atoms with van der Waals surface area (Å²) in [5.41, 5.74) is 0.685. The van der Waals surface area contributed by atoms with Gasteiger partial charge in [0, 0.05) is 18.8 Å². The molecule has 0 spiro atoms. The zero-order valence-corrected chi connectivity index (χ0v) is 12.6. The van der Waals surface area contributed by atoms with Crippen LogP contribution in [0.1, 0.15) is 12.8 Å². The van der Waals surface area contributed by atoms with Crippen LogP contribution < -0.4 is 10.1 Å². The maximum Gasteiger partial charge on any atom is 0.230 e. The summed E-state index contributed by atoms with van der Waals surface area (Å²) in [4.78, 5) is 12.0. The molecule has 0 atom stereocenters. The van der Waals surface area contributed by atoms with Crippen molar-refractivity contribution in [1.29, 1.82) is 0 Å². The molecule has 6 nitrogen and oxygen atoms in total. The first-order valence-corrected chi connectivity index (χ1v) is 8.45. The minimum atomic E-state index is -3.14. The number of methoxy groups -OCH3 is 1. The topological polar surface area (TPSA) is 75.7 Å². The molecule has 1 saturated heterocycles. The maximum absolute atomic E-state index is 12.0. The third-order valence-electron chi connectivity index (χ3n) is 3.88. The van der Waals surface area contributed by atoms with E-state index in [-0.39, 0.29) is 17.1 Å². The Balaban J connectivity index is 1.53. The molecule has 2 fully saturated rings. The van der Waals surface area contributed by atoms with Crippen molar-refractivity contribution >= 4 is 21.6 Å². The highest BCUT2D eigenvalue weighted by Crippen LogP contribution is 2.34. The molecule has 1 N–H and O–H groups in total. The molecule has 0 aromatic heterocycles. The van der Waals surface area contributed by atoms with Crippen molar-refractivity contribution in [3.63, 3.8) is 0 Å². The predicted molar refractivity (Wildman–Crippen MR) is 78.6 cm³/mol. The van der Waals surface area contributed by atoms with Gasteiger partial charge in [-0.05, 0) is 37.1 Å². The molecule has 1 heterocycles. The number of nitrogens with zero attached hydrogens (tertiary/aromatic N) is 1. The first-order valence-electron chi connectivity index (χ1n) is 6.94. The predicted octanol–water partition coefficient (Wildman–Crippen LogP) is 1.06. The second-order valence-electron chi connectivity index (χ2n) is 5.48. The Morgan fingerprint density at radius 3 is 2.38 bits per heavy atom. The van der Waals surface area contributed by atoms with E-state index in [4.69, 9.17) is 4.74 Å². The van der Waals surface area contributed by atoms with Crippen molar-refractivity contribution in [1.82, 2.24) is 4.31 Å². The summed E-state index contributed by atoms with van der Waals surface area (Å²) in [5, 5.41) is 2.59. The molecule has 1 aromatic carbocycles. The first kappa shape index (κ1) is 14.3. The lowest BCUT2D eigenvalue weighted by Gasteiger charge is -2.37. The Labute approximate surface area is 124 Å². The number of carbonyl (C=O) groups excluding carboxylic acids is 1. The number of rotatable bonds is 5. The van der Waals surface area contributed by atoms with E-state index in [1.165, 1.54) is 4.31 Å². The molecular weight excluding hydrogens is 292 g/mol. The number of hydrogen-bond donors (Lipinski definition) is 1. The SMILES string of the molecule is COc1ccc(NC(=O)C2CN(S(=O)(=O)C3CC3)C2)cc1. The number of carbonyl (C=O) groups is 1. The number of ether oxygens (including phenoxy) is 1. The summed E-state index contributed by atoms with van der Waals surface area (Å²) in [6.45, 7) is 0.585. The Morgan fingerprint density at radius 1 is 1.24 bits per heavy atom. The van der Waals surface area contributed by atoms with Gasteiger partial charge < -0.3 is 10.1 Å². The summed E-state index contributed by atoms with van der Waals surface area (Å²) in [7, 11) is -1.56. The van der Waals surface area contributed by atoms with Gasteiger partial charge in [0.15, 0.2) is 0 Å². The van der Waals surface area contributed by atoms with Gasteiger partial charge in [0.1, 0.15) is 5.75 Å². The zero-order chi connectivity index (χ0) is 15.0. The fourth-order valence-electron chi connectivity index (χ4n) is 2.31. The van der Waals surface area contributed by atoms with Crippen LogP contribution in [0.5, 0.6) is 5.75 Å². The lowest BCUT2D eigenvalue weighted by Crippen LogP contribution is -2.55. The molecule has 1 saturated carbocycles. The van der Waals surface area contributed by atoms with Crippen LogP contribution in [0, 0.1) is 5.92 Å². The monoisotopic (exact) mass is 310 g/mol. The van der Waals surface area contributed by atoms with Crippen LogP contribution >= 0.6 is 0 Å². The van der Waals surface area contributed by atoms with Gasteiger partial charge in [0.2, 0.25) is 15.9 Å². The van der Waals surface area contributed by atoms with E-state index in [0.29, 0.717) is 18.8 Å². The van der Waals surface area contributed by atoms with Crippen LogP contribution in [0.3, 0.4) is 0 Å². The number of anilines is 1. The molecule has 1 aliphatic heterocycles. The van der Waals surface area contributed by atoms with E-state index < -0.39 is 10.0 Å². The number of benzene rings is 1. The Morgan fingerprint density at radius 2 is 1.86 bits per heavy atom. The van der Waals surface area contributed by atoms with Gasteiger partial charge >= 0.3 is 0 Å². The third kappa shape index (κ3) is 2.89. The van der Waals surface area contributed by atoms with Gasteiger partial charge in [-0.2, -0.15) is 4.31 Å². The van der Waals surface area contributed by atoms with Gasteiger partial charge in [0.25, 0.3) is 0 Å². The second-order valence-corrected chi connectivity index (χ2v) is 7.69. The van der Waals surface area contributed by atoms with Gasteiger partial charge in [-0.1, -0.05) is 0 Å². The first-order chi connectivity index (χ1) is 10.0. The van der Waals surface area contributed by atoms with E-state index >= 15 is 0 Å². The van der Waals surface area contributed by atoms with Crippen LogP contribution in [0.25, 0.3) is 0 Å². The van der Waals surface area contributed by atoms with E-state index in [0.717, 1.165) is 18.6 Å². The summed E-state index contributed by atoms with van der Waals surface area (Å²) >= 11 is 0. The lowest BCUT2D eigenvalue weighted by molar-refractivity contribution is -0.122. The van der Waals surface area contributed by atoms with Crippen LogP contribution in [0.15, 0.2) is 24.3 Å². The van der Waals surface area contributed by atoms with Crippen molar-refractivity contribution in [2.24, 2.45) is 5.92 Å². The van der Waals surface area contributed by atoms with E-state index in [2.05, 4.69) is 5.32 Å². The minimum Gasteiger partial charge on any atom is -0.497 e. The fraction of sp³-hybridized carbons (Fsp3) is 0.500. The molecule has 0 bridgehead atoms. The Bertz CT molecular complexity index is 631. The molecule has 2 aliphatic rings. The van der Waals surface area contributed by atoms with Crippen LogP contribution in [0.2, 0.25) is 0 Å². The molecule has 0 unspecified atom stereocenters. The zero-order valence-electron chi connectivity index (χ0n) is 11.8. The molecule has 21 heavy (non-hydrogen) atoms. The van der Waals surface area contributed by atoms with Crippen molar-refractivity contribution in [2.45, 2.75) is 18.1 Å².